The minimum absolute atomic E-state index is 0.243. The van der Waals surface area contributed by atoms with Gasteiger partial charge in [-0.2, -0.15) is 0 Å². The molecule has 0 fully saturated rings. The molecule has 1 rings (SSSR count). The lowest BCUT2D eigenvalue weighted by atomic mass is 10.1. The largest absolute Gasteiger partial charge is 0.497 e. The fourth-order valence-electron chi connectivity index (χ4n) is 2.17. The van der Waals surface area contributed by atoms with E-state index >= 15 is 0 Å². The van der Waals surface area contributed by atoms with E-state index in [0.29, 0.717) is 32.3 Å². The third-order valence-electron chi connectivity index (χ3n) is 3.60. The molecule has 0 spiro atoms. The predicted octanol–water partition coefficient (Wildman–Crippen LogP) is 3.00. The highest BCUT2D eigenvalue weighted by atomic mass is 16.5. The number of hydrogen-bond donors (Lipinski definition) is 2. The van der Waals surface area contributed by atoms with Crippen LogP contribution in [0.25, 0.3) is 0 Å². The quantitative estimate of drug-likeness (QED) is 0.375. The minimum Gasteiger partial charge on any atom is -0.497 e. The average molecular weight is 372 g/mol. The standard InChI is InChI=1S/C22H28O5/c1-3-27-22(25)13-7-12-20(24)10-5-4-9-19(23)11-6-8-18-14-16-21(26-2)17-15-18/h4-5,9-10,14-17,19-20,23-24H,3,7,11-13H2,1-2H3/b9-4+,10-5+/t19-,20+/m0/s1. The monoisotopic (exact) mass is 372 g/mol. The molecule has 5 heteroatoms. The van der Waals surface area contributed by atoms with E-state index in [4.69, 9.17) is 9.47 Å². The van der Waals surface area contributed by atoms with E-state index in [-0.39, 0.29) is 5.97 Å². The molecular weight excluding hydrogens is 344 g/mol. The third kappa shape index (κ3) is 10.9. The van der Waals surface area contributed by atoms with Gasteiger partial charge in [0.1, 0.15) is 5.75 Å². The number of hydrogen-bond acceptors (Lipinski definition) is 5. The van der Waals surface area contributed by atoms with Crippen LogP contribution in [0.1, 0.15) is 38.2 Å². The number of aliphatic hydroxyl groups excluding tert-OH is 2. The summed E-state index contributed by atoms with van der Waals surface area (Å²) in [6, 6.07) is 7.40. The van der Waals surface area contributed by atoms with Gasteiger partial charge in [-0.25, -0.2) is 0 Å². The van der Waals surface area contributed by atoms with Gasteiger partial charge >= 0.3 is 5.97 Å². The van der Waals surface area contributed by atoms with E-state index in [9.17, 15) is 15.0 Å². The van der Waals surface area contributed by atoms with Crippen LogP contribution in [0.2, 0.25) is 0 Å². The maximum absolute atomic E-state index is 11.2. The van der Waals surface area contributed by atoms with E-state index < -0.39 is 12.2 Å². The second-order valence-corrected chi connectivity index (χ2v) is 5.84. The molecule has 1 aromatic rings. The van der Waals surface area contributed by atoms with Crippen molar-refractivity contribution in [2.75, 3.05) is 13.7 Å². The first-order valence-corrected chi connectivity index (χ1v) is 9.04. The van der Waals surface area contributed by atoms with E-state index in [2.05, 4.69) is 11.8 Å². The number of benzene rings is 1. The van der Waals surface area contributed by atoms with Crippen LogP contribution in [0.15, 0.2) is 48.6 Å². The minimum atomic E-state index is -0.679. The van der Waals surface area contributed by atoms with Crippen molar-refractivity contribution in [2.24, 2.45) is 0 Å². The lowest BCUT2D eigenvalue weighted by molar-refractivity contribution is -0.143. The molecule has 2 atom stereocenters. The SMILES string of the molecule is CCOC(=O)CCC[C@H](O)/C=C/C=C/[C@H](O)CC#Cc1ccc(OC)cc1. The Kier molecular flexibility index (Phi) is 11.4. The van der Waals surface area contributed by atoms with Crippen LogP contribution >= 0.6 is 0 Å². The van der Waals surface area contributed by atoms with Crippen molar-refractivity contribution in [1.29, 1.82) is 0 Å². The lowest BCUT2D eigenvalue weighted by Crippen LogP contribution is -2.07. The molecule has 0 saturated carbocycles. The number of allylic oxidation sites excluding steroid dienone is 2. The van der Waals surface area contributed by atoms with Gasteiger partial charge in [-0.1, -0.05) is 36.1 Å². The molecule has 2 N–H and O–H groups in total. The zero-order valence-corrected chi connectivity index (χ0v) is 15.9. The number of rotatable bonds is 10. The van der Waals surface area contributed by atoms with Crippen molar-refractivity contribution in [1.82, 2.24) is 0 Å². The summed E-state index contributed by atoms with van der Waals surface area (Å²) in [7, 11) is 1.61. The Morgan fingerprint density at radius 1 is 1.15 bits per heavy atom. The summed E-state index contributed by atoms with van der Waals surface area (Å²) in [5.74, 6) is 6.44. The Labute approximate surface area is 161 Å². The molecule has 1 aromatic carbocycles. The summed E-state index contributed by atoms with van der Waals surface area (Å²) in [6.07, 6.45) is 6.96. The lowest BCUT2D eigenvalue weighted by Gasteiger charge is -2.04. The zero-order chi connectivity index (χ0) is 19.9. The molecule has 0 aliphatic heterocycles. The number of ether oxygens (including phenoxy) is 2. The van der Waals surface area contributed by atoms with Gasteiger partial charge in [0.05, 0.1) is 25.9 Å². The highest BCUT2D eigenvalue weighted by Crippen LogP contribution is 2.10. The van der Waals surface area contributed by atoms with Crippen molar-refractivity contribution < 1.29 is 24.5 Å². The van der Waals surface area contributed by atoms with Gasteiger partial charge in [0.15, 0.2) is 0 Å². The van der Waals surface area contributed by atoms with Crippen LogP contribution in [0.3, 0.4) is 0 Å². The van der Waals surface area contributed by atoms with Gasteiger partial charge in [0, 0.05) is 18.4 Å². The molecule has 5 nitrogen and oxygen atoms in total. The summed E-state index contributed by atoms with van der Waals surface area (Å²) >= 11 is 0. The first-order chi connectivity index (χ1) is 13.0. The second kappa shape index (κ2) is 13.6. The number of esters is 1. The normalized spacial score (nSPS) is 13.2. The Morgan fingerprint density at radius 3 is 2.44 bits per heavy atom. The zero-order valence-electron chi connectivity index (χ0n) is 15.9. The molecule has 0 amide bonds. The van der Waals surface area contributed by atoms with Crippen LogP contribution in [0.5, 0.6) is 5.75 Å². The van der Waals surface area contributed by atoms with Gasteiger partial charge in [-0.15, -0.1) is 0 Å². The molecule has 0 aromatic heterocycles. The summed E-state index contributed by atoms with van der Waals surface area (Å²) in [6.45, 7) is 2.14. The molecule has 0 aliphatic rings. The maximum atomic E-state index is 11.2. The van der Waals surface area contributed by atoms with Crippen molar-refractivity contribution in [3.8, 4) is 17.6 Å². The van der Waals surface area contributed by atoms with Crippen LogP contribution in [-0.4, -0.2) is 42.1 Å². The van der Waals surface area contributed by atoms with Crippen molar-refractivity contribution in [3.05, 3.63) is 54.1 Å². The molecule has 0 unspecified atom stereocenters. The van der Waals surface area contributed by atoms with Crippen LogP contribution in [0, 0.1) is 11.8 Å². The molecular formula is C22H28O5. The fourth-order valence-corrected chi connectivity index (χ4v) is 2.17. The molecule has 0 heterocycles. The molecule has 0 aliphatic carbocycles. The van der Waals surface area contributed by atoms with Crippen molar-refractivity contribution >= 4 is 5.97 Å². The molecule has 27 heavy (non-hydrogen) atoms. The van der Waals surface area contributed by atoms with E-state index in [1.165, 1.54) is 0 Å². The van der Waals surface area contributed by atoms with E-state index in [0.717, 1.165) is 11.3 Å². The number of carbonyl (C=O) groups is 1. The summed E-state index contributed by atoms with van der Waals surface area (Å²) in [5, 5.41) is 19.7. The molecule has 0 saturated heterocycles. The summed E-state index contributed by atoms with van der Waals surface area (Å²) in [5.41, 5.74) is 0.859. The van der Waals surface area contributed by atoms with Crippen molar-refractivity contribution in [2.45, 2.75) is 44.8 Å². The second-order valence-electron chi connectivity index (χ2n) is 5.84. The molecule has 0 bridgehead atoms. The first kappa shape index (κ1) is 22.5. The average Bonchev–Trinajstić information content (AvgIpc) is 2.66. The van der Waals surface area contributed by atoms with Crippen LogP contribution in [-0.2, 0) is 9.53 Å². The molecule has 146 valence electrons. The number of aliphatic hydroxyl groups is 2. The van der Waals surface area contributed by atoms with E-state index in [1.54, 1.807) is 38.3 Å². The number of methoxy groups -OCH3 is 1. The summed E-state index contributed by atoms with van der Waals surface area (Å²) < 4.78 is 9.91. The van der Waals surface area contributed by atoms with Gasteiger partial charge in [0.25, 0.3) is 0 Å². The Balaban J connectivity index is 2.28. The third-order valence-corrected chi connectivity index (χ3v) is 3.60. The topological polar surface area (TPSA) is 76.0 Å². The maximum Gasteiger partial charge on any atom is 0.305 e. The van der Waals surface area contributed by atoms with Crippen LogP contribution < -0.4 is 4.74 Å². The summed E-state index contributed by atoms with van der Waals surface area (Å²) in [4.78, 5) is 11.2. The highest BCUT2D eigenvalue weighted by molar-refractivity contribution is 5.69. The molecule has 0 radical (unpaired) electrons. The van der Waals surface area contributed by atoms with Gasteiger partial charge < -0.3 is 19.7 Å². The number of carbonyl (C=O) groups excluding carboxylic acids is 1. The van der Waals surface area contributed by atoms with Crippen molar-refractivity contribution in [3.63, 3.8) is 0 Å². The fraction of sp³-hybridized carbons (Fsp3) is 0.409. The Bertz CT molecular complexity index is 664. The van der Waals surface area contributed by atoms with Gasteiger partial charge in [0.2, 0.25) is 0 Å². The highest BCUT2D eigenvalue weighted by Gasteiger charge is 2.04. The smallest absolute Gasteiger partial charge is 0.305 e. The predicted molar refractivity (Wildman–Crippen MR) is 105 cm³/mol. The van der Waals surface area contributed by atoms with Gasteiger partial charge in [-0.05, 0) is 44.0 Å². The van der Waals surface area contributed by atoms with Gasteiger partial charge in [-0.3, -0.25) is 4.79 Å². The van der Waals surface area contributed by atoms with E-state index in [1.807, 2.05) is 24.3 Å². The Hall–Kier alpha value is -2.55. The Morgan fingerprint density at radius 2 is 1.81 bits per heavy atom. The first-order valence-electron chi connectivity index (χ1n) is 9.04. The van der Waals surface area contributed by atoms with Crippen LogP contribution in [0.4, 0.5) is 0 Å².